The van der Waals surface area contributed by atoms with Crippen molar-refractivity contribution in [3.63, 3.8) is 0 Å². The van der Waals surface area contributed by atoms with E-state index in [1.54, 1.807) is 60.5 Å². The molecule has 0 radical (unpaired) electrons. The van der Waals surface area contributed by atoms with Crippen LogP contribution in [0.3, 0.4) is 0 Å². The fourth-order valence-electron chi connectivity index (χ4n) is 4.19. The number of amides is 2. The van der Waals surface area contributed by atoms with Gasteiger partial charge in [-0.25, -0.2) is 14.8 Å². The Kier molecular flexibility index (Phi) is 5.65. The van der Waals surface area contributed by atoms with E-state index < -0.39 is 29.9 Å². The molecule has 2 amide bonds. The number of hydrogen-bond acceptors (Lipinski definition) is 7. The van der Waals surface area contributed by atoms with Crippen LogP contribution in [-0.4, -0.2) is 30.5 Å². The van der Waals surface area contributed by atoms with E-state index in [0.717, 1.165) is 9.78 Å². The highest BCUT2D eigenvalue weighted by Crippen LogP contribution is 2.48. The van der Waals surface area contributed by atoms with Crippen molar-refractivity contribution in [2.24, 2.45) is 5.92 Å². The number of rotatable bonds is 5. The highest BCUT2D eigenvalue weighted by molar-refractivity contribution is 7.10. The van der Waals surface area contributed by atoms with E-state index >= 15 is 0 Å². The molecular weight excluding hydrogens is 464 g/mol. The summed E-state index contributed by atoms with van der Waals surface area (Å²) in [4.78, 5) is 46.9. The summed E-state index contributed by atoms with van der Waals surface area (Å²) in [6.45, 7) is 1.99. The number of halogens is 1. The van der Waals surface area contributed by atoms with Crippen molar-refractivity contribution < 1.29 is 24.0 Å². The van der Waals surface area contributed by atoms with Gasteiger partial charge in [0, 0.05) is 9.90 Å². The minimum atomic E-state index is -0.954. The highest BCUT2D eigenvalue weighted by Gasteiger charge is 2.60. The van der Waals surface area contributed by atoms with Gasteiger partial charge in [-0.15, -0.1) is 11.3 Å². The van der Waals surface area contributed by atoms with Gasteiger partial charge in [-0.1, -0.05) is 17.7 Å². The van der Waals surface area contributed by atoms with Crippen LogP contribution in [0.5, 0.6) is 0 Å². The van der Waals surface area contributed by atoms with Crippen LogP contribution in [0.15, 0.2) is 66.0 Å². The predicted octanol–water partition coefficient (Wildman–Crippen LogP) is 4.63. The van der Waals surface area contributed by atoms with Crippen molar-refractivity contribution >= 4 is 52.1 Å². The van der Waals surface area contributed by atoms with Gasteiger partial charge in [0.25, 0.3) is 5.91 Å². The normalized spacial score (nSPS) is 22.1. The van der Waals surface area contributed by atoms with E-state index in [0.29, 0.717) is 22.0 Å². The number of imide groups is 1. The molecule has 1 aromatic heterocycles. The van der Waals surface area contributed by atoms with Crippen molar-refractivity contribution in [3.05, 3.63) is 81.5 Å². The number of nitrogens with zero attached hydrogens (tertiary/aromatic N) is 2. The standard InChI is InChI=1S/C24H19ClN2O5S/c1-2-31-24(30)14-5-9-16(10-6-14)26-22(28)19-20(18-4-3-13-33-18)27(32-21(19)23(26)29)17-11-7-15(25)8-12-17/h3-13,19-21H,2H2,1H3/t19-,20-,21-/m0/s1. The lowest BCUT2D eigenvalue weighted by Crippen LogP contribution is -2.37. The van der Waals surface area contributed by atoms with Crippen molar-refractivity contribution in [1.82, 2.24) is 0 Å². The van der Waals surface area contributed by atoms with Crippen LogP contribution in [-0.2, 0) is 19.2 Å². The molecule has 7 nitrogen and oxygen atoms in total. The second-order valence-corrected chi connectivity index (χ2v) is 9.01. The van der Waals surface area contributed by atoms with Gasteiger partial charge < -0.3 is 4.74 Å². The second kappa shape index (κ2) is 8.62. The van der Waals surface area contributed by atoms with Gasteiger partial charge >= 0.3 is 5.97 Å². The summed E-state index contributed by atoms with van der Waals surface area (Å²) in [7, 11) is 0. The third-order valence-electron chi connectivity index (χ3n) is 5.67. The van der Waals surface area contributed by atoms with Crippen molar-refractivity contribution in [1.29, 1.82) is 0 Å². The van der Waals surface area contributed by atoms with E-state index in [-0.39, 0.29) is 12.5 Å². The van der Waals surface area contributed by atoms with Gasteiger partial charge in [0.1, 0.15) is 12.0 Å². The van der Waals surface area contributed by atoms with Crippen LogP contribution < -0.4 is 9.96 Å². The Morgan fingerprint density at radius 2 is 1.73 bits per heavy atom. The minimum absolute atomic E-state index is 0.263. The maximum Gasteiger partial charge on any atom is 0.338 e. The molecule has 0 unspecified atom stereocenters. The van der Waals surface area contributed by atoms with E-state index in [1.165, 1.54) is 11.3 Å². The summed E-state index contributed by atoms with van der Waals surface area (Å²) in [6, 6.07) is 16.7. The van der Waals surface area contributed by atoms with E-state index in [9.17, 15) is 14.4 Å². The smallest absolute Gasteiger partial charge is 0.338 e. The topological polar surface area (TPSA) is 76.2 Å². The third-order valence-corrected chi connectivity index (χ3v) is 6.86. The van der Waals surface area contributed by atoms with Gasteiger partial charge in [0.2, 0.25) is 5.91 Å². The van der Waals surface area contributed by atoms with Gasteiger partial charge in [-0.3, -0.25) is 14.4 Å². The van der Waals surface area contributed by atoms with Gasteiger partial charge in [0.15, 0.2) is 6.10 Å². The average Bonchev–Trinajstić information content (AvgIpc) is 3.52. The fourth-order valence-corrected chi connectivity index (χ4v) is 5.17. The van der Waals surface area contributed by atoms with Crippen molar-refractivity contribution in [2.75, 3.05) is 16.6 Å². The Hall–Kier alpha value is -3.20. The number of thiophene rings is 1. The molecule has 0 aliphatic carbocycles. The Morgan fingerprint density at radius 3 is 2.36 bits per heavy atom. The molecule has 3 heterocycles. The number of carbonyl (C=O) groups excluding carboxylic acids is 3. The third kappa shape index (κ3) is 3.70. The van der Waals surface area contributed by atoms with Crippen molar-refractivity contribution in [3.8, 4) is 0 Å². The Labute approximate surface area is 199 Å². The quantitative estimate of drug-likeness (QED) is 0.390. The summed E-state index contributed by atoms with van der Waals surface area (Å²) in [6.07, 6.45) is -0.954. The predicted molar refractivity (Wildman–Crippen MR) is 124 cm³/mol. The number of hydrogen-bond donors (Lipinski definition) is 0. The molecule has 168 valence electrons. The minimum Gasteiger partial charge on any atom is -0.462 e. The molecule has 3 atom stereocenters. The average molecular weight is 483 g/mol. The SMILES string of the molecule is CCOC(=O)c1ccc(N2C(=O)[C@@H]3[C@H](ON(c4ccc(Cl)cc4)[C@H]3c3cccs3)C2=O)cc1. The van der Waals surface area contributed by atoms with Crippen LogP contribution in [0.1, 0.15) is 28.2 Å². The number of esters is 1. The van der Waals surface area contributed by atoms with Gasteiger partial charge in [0.05, 0.1) is 23.5 Å². The Bertz CT molecular complexity index is 1200. The molecule has 0 N–H and O–H groups in total. The molecule has 2 aliphatic heterocycles. The summed E-state index contributed by atoms with van der Waals surface area (Å²) in [5, 5.41) is 4.14. The number of carbonyl (C=O) groups is 3. The van der Waals surface area contributed by atoms with Crippen LogP contribution in [0.4, 0.5) is 11.4 Å². The van der Waals surface area contributed by atoms with Crippen molar-refractivity contribution in [2.45, 2.75) is 19.1 Å². The number of anilines is 2. The number of benzene rings is 2. The molecule has 0 saturated carbocycles. The first kappa shape index (κ1) is 21.6. The zero-order valence-corrected chi connectivity index (χ0v) is 19.1. The number of fused-ring (bicyclic) bond motifs is 1. The first-order valence-electron chi connectivity index (χ1n) is 10.4. The molecule has 2 aliphatic rings. The maximum atomic E-state index is 13.5. The van der Waals surface area contributed by atoms with Crippen LogP contribution in [0.2, 0.25) is 5.02 Å². The molecule has 9 heteroatoms. The lowest BCUT2D eigenvalue weighted by atomic mass is 9.95. The Balaban J connectivity index is 1.48. The molecular formula is C24H19ClN2O5S. The molecule has 0 spiro atoms. The fraction of sp³-hybridized carbons (Fsp3) is 0.208. The first-order valence-corrected chi connectivity index (χ1v) is 11.7. The zero-order valence-electron chi connectivity index (χ0n) is 17.5. The molecule has 5 rings (SSSR count). The number of ether oxygens (including phenoxy) is 1. The molecule has 2 fully saturated rings. The lowest BCUT2D eigenvalue weighted by molar-refractivity contribution is -0.126. The monoisotopic (exact) mass is 482 g/mol. The first-order chi connectivity index (χ1) is 16.0. The van der Waals surface area contributed by atoms with Crippen LogP contribution in [0.25, 0.3) is 0 Å². The molecule has 0 bridgehead atoms. The van der Waals surface area contributed by atoms with Gasteiger partial charge in [-0.05, 0) is 66.9 Å². The van der Waals surface area contributed by atoms with Crippen LogP contribution >= 0.6 is 22.9 Å². The summed E-state index contributed by atoms with van der Waals surface area (Å²) < 4.78 is 4.99. The lowest BCUT2D eigenvalue weighted by Gasteiger charge is -2.27. The Morgan fingerprint density at radius 1 is 1.03 bits per heavy atom. The van der Waals surface area contributed by atoms with Gasteiger partial charge in [-0.2, -0.15) is 0 Å². The summed E-state index contributed by atoms with van der Waals surface area (Å²) in [5.74, 6) is -1.95. The summed E-state index contributed by atoms with van der Waals surface area (Å²) in [5.41, 5.74) is 1.44. The maximum absolute atomic E-state index is 13.5. The van der Waals surface area contributed by atoms with Crippen LogP contribution in [0, 0.1) is 5.92 Å². The van der Waals surface area contributed by atoms with E-state index in [1.807, 2.05) is 17.5 Å². The van der Waals surface area contributed by atoms with E-state index in [4.69, 9.17) is 21.2 Å². The molecule has 2 saturated heterocycles. The van der Waals surface area contributed by atoms with E-state index in [2.05, 4.69) is 0 Å². The largest absolute Gasteiger partial charge is 0.462 e. The highest BCUT2D eigenvalue weighted by atomic mass is 35.5. The second-order valence-electron chi connectivity index (χ2n) is 7.59. The molecule has 3 aromatic rings. The summed E-state index contributed by atoms with van der Waals surface area (Å²) >= 11 is 7.53. The molecule has 33 heavy (non-hydrogen) atoms. The number of hydroxylamine groups is 1. The zero-order chi connectivity index (χ0) is 23.1. The molecule has 2 aromatic carbocycles.